The lowest BCUT2D eigenvalue weighted by Crippen LogP contribution is -2.46. The summed E-state index contributed by atoms with van der Waals surface area (Å²) in [4.78, 5) is 9.62. The molecular weight excluding hydrogens is 322 g/mol. The van der Waals surface area contributed by atoms with Gasteiger partial charge >= 0.3 is 0 Å². The number of likely N-dealkylation sites (N-methyl/N-ethyl adjacent to an activating group) is 1. The van der Waals surface area contributed by atoms with Crippen molar-refractivity contribution in [3.8, 4) is 5.75 Å². The third-order valence-corrected chi connectivity index (χ3v) is 5.26. The number of ether oxygens (including phenoxy) is 1. The highest BCUT2D eigenvalue weighted by Crippen LogP contribution is 2.42. The maximum absolute atomic E-state index is 6.41. The topological polar surface area (TPSA) is 28.6 Å². The molecule has 140 valence electrons. The minimum atomic E-state index is 0.149. The Morgan fingerprint density at radius 3 is 2.50 bits per heavy atom. The first kappa shape index (κ1) is 18.7. The van der Waals surface area contributed by atoms with Crippen molar-refractivity contribution < 1.29 is 4.74 Å². The molecule has 0 saturated heterocycles. The van der Waals surface area contributed by atoms with Gasteiger partial charge in [0, 0.05) is 19.3 Å². The van der Waals surface area contributed by atoms with E-state index in [0.29, 0.717) is 0 Å². The summed E-state index contributed by atoms with van der Waals surface area (Å²) < 4.78 is 6.41. The van der Waals surface area contributed by atoms with Crippen LogP contribution < -0.4 is 9.64 Å². The predicted molar refractivity (Wildman–Crippen MR) is 108 cm³/mol. The van der Waals surface area contributed by atoms with E-state index in [1.54, 1.807) is 0 Å². The average Bonchev–Trinajstić information content (AvgIpc) is 2.69. The molecule has 1 aromatic heterocycles. The molecule has 0 aliphatic carbocycles. The number of anilines is 1. The Bertz CT molecular complexity index is 672. The summed E-state index contributed by atoms with van der Waals surface area (Å²) in [6.07, 6.45) is 4.16. The van der Waals surface area contributed by atoms with Crippen LogP contribution in [0.4, 0.5) is 5.82 Å². The van der Waals surface area contributed by atoms with Crippen molar-refractivity contribution in [2.24, 2.45) is 0 Å². The number of rotatable bonds is 8. The number of benzene rings is 1. The molecular formula is C22H31N3O. The third kappa shape index (κ3) is 4.01. The molecule has 4 heteroatoms. The number of aromatic nitrogens is 1. The third-order valence-electron chi connectivity index (χ3n) is 5.26. The van der Waals surface area contributed by atoms with Gasteiger partial charge in [0.1, 0.15) is 6.10 Å². The van der Waals surface area contributed by atoms with Crippen molar-refractivity contribution in [3.05, 3.63) is 54.2 Å². The molecule has 0 fully saturated rings. The standard InChI is InChI=1S/C22H31N3O/c1-4-11-19-21(18-12-8-7-9-13-18)25(17-16-24(5-2)6-3)22-20(26-19)14-10-15-23-22/h7-10,12-15,19,21H,4-6,11,16-17H2,1-3H3. The van der Waals surface area contributed by atoms with Crippen LogP contribution in [0.2, 0.25) is 0 Å². The Morgan fingerprint density at radius 1 is 1.04 bits per heavy atom. The smallest absolute Gasteiger partial charge is 0.172 e. The van der Waals surface area contributed by atoms with Gasteiger partial charge in [0.05, 0.1) is 6.04 Å². The zero-order valence-electron chi connectivity index (χ0n) is 16.3. The van der Waals surface area contributed by atoms with Crippen LogP contribution in [-0.2, 0) is 0 Å². The second-order valence-electron chi connectivity index (χ2n) is 6.85. The first-order valence-electron chi connectivity index (χ1n) is 9.94. The predicted octanol–water partition coefficient (Wildman–Crippen LogP) is 4.53. The molecule has 2 aromatic rings. The molecule has 0 bridgehead atoms. The Balaban J connectivity index is 1.97. The summed E-state index contributed by atoms with van der Waals surface area (Å²) >= 11 is 0. The Kier molecular flexibility index (Phi) is 6.51. The highest BCUT2D eigenvalue weighted by Gasteiger charge is 2.37. The number of fused-ring (bicyclic) bond motifs is 1. The molecule has 4 nitrogen and oxygen atoms in total. The zero-order chi connectivity index (χ0) is 18.4. The molecule has 0 amide bonds. The summed E-state index contributed by atoms with van der Waals surface area (Å²) in [6.45, 7) is 10.8. The van der Waals surface area contributed by atoms with Gasteiger partial charge < -0.3 is 14.5 Å². The fourth-order valence-corrected chi connectivity index (χ4v) is 3.83. The van der Waals surface area contributed by atoms with E-state index in [2.05, 4.69) is 72.0 Å². The molecule has 1 aliphatic heterocycles. The van der Waals surface area contributed by atoms with Gasteiger partial charge in [0.2, 0.25) is 0 Å². The fourth-order valence-electron chi connectivity index (χ4n) is 3.83. The number of nitrogens with zero attached hydrogens (tertiary/aromatic N) is 3. The quantitative estimate of drug-likeness (QED) is 0.697. The molecule has 3 rings (SSSR count). The van der Waals surface area contributed by atoms with Crippen molar-refractivity contribution >= 4 is 5.82 Å². The number of pyridine rings is 1. The highest BCUT2D eigenvalue weighted by molar-refractivity contribution is 5.56. The number of hydrogen-bond acceptors (Lipinski definition) is 4. The lowest BCUT2D eigenvalue weighted by Gasteiger charge is -2.43. The van der Waals surface area contributed by atoms with Crippen LogP contribution in [0.25, 0.3) is 0 Å². The largest absolute Gasteiger partial charge is 0.484 e. The van der Waals surface area contributed by atoms with Crippen LogP contribution in [-0.4, -0.2) is 42.2 Å². The van der Waals surface area contributed by atoms with E-state index in [9.17, 15) is 0 Å². The van der Waals surface area contributed by atoms with E-state index < -0.39 is 0 Å². The first-order chi connectivity index (χ1) is 12.8. The van der Waals surface area contributed by atoms with Crippen LogP contribution in [0.5, 0.6) is 5.75 Å². The maximum atomic E-state index is 6.41. The van der Waals surface area contributed by atoms with E-state index in [-0.39, 0.29) is 12.1 Å². The minimum absolute atomic E-state index is 0.149. The Morgan fingerprint density at radius 2 is 1.81 bits per heavy atom. The SMILES string of the molecule is CCCC1Oc2cccnc2N(CCN(CC)CC)C1c1ccccc1. The molecule has 26 heavy (non-hydrogen) atoms. The Hall–Kier alpha value is -2.07. The molecule has 2 atom stereocenters. The molecule has 0 N–H and O–H groups in total. The molecule has 2 unspecified atom stereocenters. The lowest BCUT2D eigenvalue weighted by molar-refractivity contribution is 0.137. The van der Waals surface area contributed by atoms with Gasteiger partial charge in [-0.15, -0.1) is 0 Å². The van der Waals surface area contributed by atoms with Gasteiger partial charge in [-0.05, 0) is 37.2 Å². The van der Waals surface area contributed by atoms with Gasteiger partial charge in [-0.2, -0.15) is 0 Å². The Labute approximate surface area is 157 Å². The van der Waals surface area contributed by atoms with E-state index in [1.807, 2.05) is 12.3 Å². The van der Waals surface area contributed by atoms with Gasteiger partial charge in [-0.3, -0.25) is 0 Å². The highest BCUT2D eigenvalue weighted by atomic mass is 16.5. The van der Waals surface area contributed by atoms with Crippen LogP contribution in [0.15, 0.2) is 48.7 Å². The van der Waals surface area contributed by atoms with Crippen molar-refractivity contribution in [2.75, 3.05) is 31.1 Å². The zero-order valence-corrected chi connectivity index (χ0v) is 16.3. The first-order valence-corrected chi connectivity index (χ1v) is 9.94. The van der Waals surface area contributed by atoms with Crippen molar-refractivity contribution in [2.45, 2.75) is 45.8 Å². The number of hydrogen-bond donors (Lipinski definition) is 0. The van der Waals surface area contributed by atoms with Gasteiger partial charge in [-0.25, -0.2) is 4.98 Å². The summed E-state index contributed by atoms with van der Waals surface area (Å²) in [7, 11) is 0. The van der Waals surface area contributed by atoms with E-state index in [1.165, 1.54) is 5.56 Å². The molecule has 0 radical (unpaired) electrons. The van der Waals surface area contributed by atoms with Gasteiger partial charge in [0.15, 0.2) is 11.6 Å². The molecule has 0 saturated carbocycles. The van der Waals surface area contributed by atoms with E-state index >= 15 is 0 Å². The fraction of sp³-hybridized carbons (Fsp3) is 0.500. The minimum Gasteiger partial charge on any atom is -0.484 e. The van der Waals surface area contributed by atoms with Crippen LogP contribution in [0.3, 0.4) is 0 Å². The summed E-state index contributed by atoms with van der Waals surface area (Å²) in [5.41, 5.74) is 1.31. The average molecular weight is 354 g/mol. The van der Waals surface area contributed by atoms with Crippen LogP contribution in [0.1, 0.15) is 45.2 Å². The summed E-state index contributed by atoms with van der Waals surface area (Å²) in [5, 5.41) is 0. The molecule has 1 aliphatic rings. The second-order valence-corrected chi connectivity index (χ2v) is 6.85. The summed E-state index contributed by atoms with van der Waals surface area (Å²) in [6, 6.07) is 15.0. The normalized spacial score (nSPS) is 19.3. The van der Waals surface area contributed by atoms with Gasteiger partial charge in [-0.1, -0.05) is 57.5 Å². The molecule has 1 aromatic carbocycles. The van der Waals surface area contributed by atoms with Crippen molar-refractivity contribution in [3.63, 3.8) is 0 Å². The lowest BCUT2D eigenvalue weighted by atomic mass is 9.94. The van der Waals surface area contributed by atoms with Crippen LogP contribution in [0, 0.1) is 0 Å². The van der Waals surface area contributed by atoms with E-state index in [4.69, 9.17) is 4.74 Å². The van der Waals surface area contributed by atoms with Crippen LogP contribution >= 0.6 is 0 Å². The van der Waals surface area contributed by atoms with Gasteiger partial charge in [0.25, 0.3) is 0 Å². The maximum Gasteiger partial charge on any atom is 0.172 e. The van der Waals surface area contributed by atoms with Crippen molar-refractivity contribution in [1.29, 1.82) is 0 Å². The van der Waals surface area contributed by atoms with Crippen molar-refractivity contribution in [1.82, 2.24) is 9.88 Å². The van der Waals surface area contributed by atoms with E-state index in [0.717, 1.165) is 50.6 Å². The summed E-state index contributed by atoms with van der Waals surface area (Å²) in [5.74, 6) is 1.89. The monoisotopic (exact) mass is 353 g/mol. The second kappa shape index (κ2) is 9.04. The molecule has 2 heterocycles. The molecule has 0 spiro atoms.